The zero-order chi connectivity index (χ0) is 15.4. The SMILES string of the molecule is Cc1csc(CC(=O)c2cc(Oc3cccnc3)ccn2)n1. The second-order valence-electron chi connectivity index (χ2n) is 4.65. The molecule has 0 saturated heterocycles. The van der Waals surface area contributed by atoms with Crippen LogP contribution in [0.1, 0.15) is 21.2 Å². The molecular weight excluding hydrogens is 298 g/mol. The van der Waals surface area contributed by atoms with Crippen molar-refractivity contribution >= 4 is 17.1 Å². The van der Waals surface area contributed by atoms with Crippen LogP contribution in [0, 0.1) is 6.92 Å². The van der Waals surface area contributed by atoms with E-state index in [0.717, 1.165) is 10.7 Å². The summed E-state index contributed by atoms with van der Waals surface area (Å²) in [5.41, 5.74) is 1.30. The lowest BCUT2D eigenvalue weighted by Gasteiger charge is -2.06. The van der Waals surface area contributed by atoms with Gasteiger partial charge in [-0.3, -0.25) is 14.8 Å². The first-order valence-corrected chi connectivity index (χ1v) is 7.57. The molecule has 0 atom stereocenters. The third-order valence-electron chi connectivity index (χ3n) is 2.87. The Morgan fingerprint density at radius 2 is 2.18 bits per heavy atom. The van der Waals surface area contributed by atoms with Crippen molar-refractivity contribution < 1.29 is 9.53 Å². The van der Waals surface area contributed by atoms with Crippen LogP contribution < -0.4 is 4.74 Å². The summed E-state index contributed by atoms with van der Waals surface area (Å²) in [6, 6.07) is 6.92. The van der Waals surface area contributed by atoms with E-state index in [1.54, 1.807) is 42.9 Å². The first-order chi connectivity index (χ1) is 10.7. The van der Waals surface area contributed by atoms with Crippen molar-refractivity contribution in [3.05, 3.63) is 64.6 Å². The number of nitrogens with zero attached hydrogens (tertiary/aromatic N) is 3. The van der Waals surface area contributed by atoms with Crippen molar-refractivity contribution in [3.63, 3.8) is 0 Å². The van der Waals surface area contributed by atoms with Gasteiger partial charge in [0.05, 0.1) is 12.6 Å². The van der Waals surface area contributed by atoms with Crippen LogP contribution in [-0.2, 0) is 6.42 Å². The largest absolute Gasteiger partial charge is 0.456 e. The number of rotatable bonds is 5. The minimum Gasteiger partial charge on any atom is -0.456 e. The second-order valence-corrected chi connectivity index (χ2v) is 5.59. The molecule has 0 aliphatic rings. The monoisotopic (exact) mass is 311 g/mol. The molecule has 3 heterocycles. The van der Waals surface area contributed by atoms with E-state index in [1.165, 1.54) is 11.3 Å². The number of pyridine rings is 2. The minimum atomic E-state index is -0.0778. The van der Waals surface area contributed by atoms with Gasteiger partial charge in [0, 0.05) is 29.5 Å². The Bertz CT molecular complexity index is 787. The minimum absolute atomic E-state index is 0.0778. The smallest absolute Gasteiger partial charge is 0.188 e. The average Bonchev–Trinajstić information content (AvgIpc) is 2.93. The first-order valence-electron chi connectivity index (χ1n) is 6.69. The molecule has 3 rings (SSSR count). The van der Waals surface area contributed by atoms with Crippen molar-refractivity contribution in [2.24, 2.45) is 0 Å². The zero-order valence-electron chi connectivity index (χ0n) is 11.9. The fourth-order valence-corrected chi connectivity index (χ4v) is 2.65. The molecule has 0 radical (unpaired) electrons. The maximum Gasteiger partial charge on any atom is 0.188 e. The summed E-state index contributed by atoms with van der Waals surface area (Å²) < 4.78 is 5.66. The molecule has 110 valence electrons. The van der Waals surface area contributed by atoms with Crippen LogP contribution in [0.3, 0.4) is 0 Å². The van der Waals surface area contributed by atoms with Gasteiger partial charge in [-0.2, -0.15) is 0 Å². The number of ether oxygens (including phenoxy) is 1. The molecule has 3 aromatic rings. The van der Waals surface area contributed by atoms with Crippen LogP contribution in [0.15, 0.2) is 48.2 Å². The molecule has 3 aromatic heterocycles. The second kappa shape index (κ2) is 6.44. The lowest BCUT2D eigenvalue weighted by atomic mass is 10.2. The van der Waals surface area contributed by atoms with Gasteiger partial charge >= 0.3 is 0 Å². The number of Topliss-reactive ketones (excluding diaryl/α,β-unsaturated/α-hetero) is 1. The average molecular weight is 311 g/mol. The van der Waals surface area contributed by atoms with Gasteiger partial charge in [0.1, 0.15) is 22.2 Å². The van der Waals surface area contributed by atoms with Gasteiger partial charge in [-0.25, -0.2) is 4.98 Å². The van der Waals surface area contributed by atoms with E-state index in [9.17, 15) is 4.79 Å². The van der Waals surface area contributed by atoms with Crippen molar-refractivity contribution in [3.8, 4) is 11.5 Å². The molecule has 0 aromatic carbocycles. The Morgan fingerprint density at radius 3 is 2.91 bits per heavy atom. The molecule has 0 saturated carbocycles. The third-order valence-corrected chi connectivity index (χ3v) is 3.83. The predicted molar refractivity (Wildman–Crippen MR) is 83.4 cm³/mol. The number of hydrogen-bond donors (Lipinski definition) is 0. The Morgan fingerprint density at radius 1 is 1.27 bits per heavy atom. The Labute approximate surface area is 131 Å². The van der Waals surface area contributed by atoms with Crippen molar-refractivity contribution in [1.29, 1.82) is 0 Å². The summed E-state index contributed by atoms with van der Waals surface area (Å²) >= 11 is 1.48. The van der Waals surface area contributed by atoms with E-state index >= 15 is 0 Å². The Kier molecular flexibility index (Phi) is 4.20. The van der Waals surface area contributed by atoms with Gasteiger partial charge < -0.3 is 4.74 Å². The fraction of sp³-hybridized carbons (Fsp3) is 0.125. The fourth-order valence-electron chi connectivity index (χ4n) is 1.88. The maximum absolute atomic E-state index is 12.3. The van der Waals surface area contributed by atoms with Crippen LogP contribution in [0.25, 0.3) is 0 Å². The number of carbonyl (C=O) groups is 1. The molecule has 0 aliphatic carbocycles. The summed E-state index contributed by atoms with van der Waals surface area (Å²) in [6.45, 7) is 1.91. The lowest BCUT2D eigenvalue weighted by Crippen LogP contribution is -2.06. The summed E-state index contributed by atoms with van der Waals surface area (Å²) in [5.74, 6) is 1.09. The van der Waals surface area contributed by atoms with Gasteiger partial charge in [-0.15, -0.1) is 11.3 Å². The summed E-state index contributed by atoms with van der Waals surface area (Å²) in [6.07, 6.45) is 5.10. The molecule has 0 fully saturated rings. The first kappa shape index (κ1) is 14.3. The Balaban J connectivity index is 1.74. The molecule has 0 amide bonds. The number of aromatic nitrogens is 3. The molecule has 0 aliphatic heterocycles. The van der Waals surface area contributed by atoms with Gasteiger partial charge in [-0.05, 0) is 25.1 Å². The predicted octanol–water partition coefficient (Wildman–Crippen LogP) is 3.46. The number of thiazole rings is 1. The van der Waals surface area contributed by atoms with E-state index in [4.69, 9.17) is 4.74 Å². The van der Waals surface area contributed by atoms with Crippen LogP contribution in [0.2, 0.25) is 0 Å². The number of carbonyl (C=O) groups excluding carboxylic acids is 1. The van der Waals surface area contributed by atoms with E-state index in [2.05, 4.69) is 15.0 Å². The molecule has 0 bridgehead atoms. The molecular formula is C16H13N3O2S. The molecule has 0 unspecified atom stereocenters. The lowest BCUT2D eigenvalue weighted by molar-refractivity contribution is 0.0988. The highest BCUT2D eigenvalue weighted by Gasteiger charge is 2.12. The number of ketones is 1. The molecule has 5 nitrogen and oxygen atoms in total. The van der Waals surface area contributed by atoms with Crippen molar-refractivity contribution in [1.82, 2.24) is 15.0 Å². The van der Waals surface area contributed by atoms with Gasteiger partial charge in [0.15, 0.2) is 5.78 Å². The maximum atomic E-state index is 12.3. The summed E-state index contributed by atoms with van der Waals surface area (Å²) in [5, 5.41) is 2.72. The Hall–Kier alpha value is -2.60. The van der Waals surface area contributed by atoms with E-state index in [-0.39, 0.29) is 12.2 Å². The van der Waals surface area contributed by atoms with Gasteiger partial charge in [-0.1, -0.05) is 0 Å². The van der Waals surface area contributed by atoms with Crippen LogP contribution in [0.5, 0.6) is 11.5 Å². The molecule has 0 N–H and O–H groups in total. The van der Waals surface area contributed by atoms with E-state index in [1.807, 2.05) is 12.3 Å². The zero-order valence-corrected chi connectivity index (χ0v) is 12.7. The third kappa shape index (κ3) is 3.53. The molecule has 22 heavy (non-hydrogen) atoms. The quantitative estimate of drug-likeness (QED) is 0.675. The van der Waals surface area contributed by atoms with Crippen molar-refractivity contribution in [2.45, 2.75) is 13.3 Å². The van der Waals surface area contributed by atoms with Crippen LogP contribution in [0.4, 0.5) is 0 Å². The highest BCUT2D eigenvalue weighted by molar-refractivity contribution is 7.09. The summed E-state index contributed by atoms with van der Waals surface area (Å²) in [7, 11) is 0. The van der Waals surface area contributed by atoms with Gasteiger partial charge in [0.25, 0.3) is 0 Å². The van der Waals surface area contributed by atoms with Gasteiger partial charge in [0.2, 0.25) is 0 Å². The highest BCUT2D eigenvalue weighted by atomic mass is 32.1. The normalized spacial score (nSPS) is 10.4. The number of aryl methyl sites for hydroxylation is 1. The van der Waals surface area contributed by atoms with Crippen LogP contribution in [-0.4, -0.2) is 20.7 Å². The molecule has 6 heteroatoms. The summed E-state index contributed by atoms with van der Waals surface area (Å²) in [4.78, 5) is 24.7. The van der Waals surface area contributed by atoms with Crippen LogP contribution >= 0.6 is 11.3 Å². The van der Waals surface area contributed by atoms with Crippen molar-refractivity contribution in [2.75, 3.05) is 0 Å². The highest BCUT2D eigenvalue weighted by Crippen LogP contribution is 2.21. The van der Waals surface area contributed by atoms with E-state index in [0.29, 0.717) is 17.2 Å². The number of hydrogen-bond acceptors (Lipinski definition) is 6. The topological polar surface area (TPSA) is 65.0 Å². The van der Waals surface area contributed by atoms with E-state index < -0.39 is 0 Å². The molecule has 0 spiro atoms. The standard InChI is InChI=1S/C16H13N3O2S/c1-11-10-22-16(19-11)8-15(20)14-7-12(4-6-18-14)21-13-3-2-5-17-9-13/h2-7,9-10H,8H2,1H3.